The minimum atomic E-state index is -0.603. The molecule has 72 valence electrons. The molecule has 3 nitrogen and oxygen atoms in total. The van der Waals surface area contributed by atoms with Crippen molar-refractivity contribution in [1.82, 2.24) is 9.78 Å². The maximum atomic E-state index is 10.3. The second-order valence-electron chi connectivity index (χ2n) is 4.28. The first-order valence-electron chi connectivity index (χ1n) is 4.82. The van der Waals surface area contributed by atoms with Gasteiger partial charge in [-0.15, -0.1) is 0 Å². The standard InChI is InChI=1S/C10H16N2O/c1-8-3-4-10(13,5-8)9-6-11-12(2)7-9/h6-8,13H,3-5H2,1-2H3. The lowest BCUT2D eigenvalue weighted by molar-refractivity contribution is 0.0407. The topological polar surface area (TPSA) is 38.1 Å². The van der Waals surface area contributed by atoms with E-state index in [4.69, 9.17) is 0 Å². The SMILES string of the molecule is CC1CCC(O)(c2cnn(C)c2)C1. The molecule has 0 amide bonds. The van der Waals surface area contributed by atoms with Crippen molar-refractivity contribution in [2.45, 2.75) is 31.8 Å². The summed E-state index contributed by atoms with van der Waals surface area (Å²) in [5.41, 5.74) is 0.368. The third-order valence-corrected chi connectivity index (χ3v) is 2.98. The van der Waals surface area contributed by atoms with Gasteiger partial charge in [-0.25, -0.2) is 0 Å². The summed E-state index contributed by atoms with van der Waals surface area (Å²) < 4.78 is 1.75. The summed E-state index contributed by atoms with van der Waals surface area (Å²) in [6.45, 7) is 2.19. The molecule has 2 atom stereocenters. The molecule has 0 bridgehead atoms. The highest BCUT2D eigenvalue weighted by Crippen LogP contribution is 2.41. The van der Waals surface area contributed by atoms with Crippen molar-refractivity contribution in [2.75, 3.05) is 0 Å². The third-order valence-electron chi connectivity index (χ3n) is 2.98. The van der Waals surface area contributed by atoms with Gasteiger partial charge in [-0.1, -0.05) is 6.92 Å². The van der Waals surface area contributed by atoms with Crippen LogP contribution in [0.3, 0.4) is 0 Å². The van der Waals surface area contributed by atoms with Gasteiger partial charge >= 0.3 is 0 Å². The van der Waals surface area contributed by atoms with E-state index in [1.807, 2.05) is 13.2 Å². The van der Waals surface area contributed by atoms with Crippen LogP contribution in [0.5, 0.6) is 0 Å². The van der Waals surface area contributed by atoms with Crippen molar-refractivity contribution in [3.8, 4) is 0 Å². The zero-order chi connectivity index (χ0) is 9.47. The number of nitrogens with zero attached hydrogens (tertiary/aromatic N) is 2. The predicted molar refractivity (Wildman–Crippen MR) is 50.1 cm³/mol. The minimum Gasteiger partial charge on any atom is -0.385 e. The molecule has 1 heterocycles. The minimum absolute atomic E-state index is 0.603. The van der Waals surface area contributed by atoms with E-state index < -0.39 is 5.60 Å². The Kier molecular flexibility index (Phi) is 1.91. The van der Waals surface area contributed by atoms with Crippen molar-refractivity contribution in [1.29, 1.82) is 0 Å². The molecule has 0 saturated heterocycles. The summed E-state index contributed by atoms with van der Waals surface area (Å²) in [5.74, 6) is 0.630. The van der Waals surface area contributed by atoms with Crippen molar-refractivity contribution < 1.29 is 5.11 Å². The van der Waals surface area contributed by atoms with Crippen molar-refractivity contribution in [3.63, 3.8) is 0 Å². The normalized spacial score (nSPS) is 33.9. The first kappa shape index (κ1) is 8.75. The first-order valence-corrected chi connectivity index (χ1v) is 4.82. The lowest BCUT2D eigenvalue weighted by Crippen LogP contribution is -2.20. The Bertz CT molecular complexity index is 308. The summed E-state index contributed by atoms with van der Waals surface area (Å²) in [7, 11) is 1.88. The molecule has 13 heavy (non-hydrogen) atoms. The Morgan fingerprint density at radius 2 is 2.46 bits per heavy atom. The van der Waals surface area contributed by atoms with Gasteiger partial charge in [-0.3, -0.25) is 4.68 Å². The van der Waals surface area contributed by atoms with Crippen molar-refractivity contribution in [2.24, 2.45) is 13.0 Å². The molecule has 1 aliphatic rings. The van der Waals surface area contributed by atoms with Crippen LogP contribution >= 0.6 is 0 Å². The van der Waals surface area contributed by atoms with Gasteiger partial charge in [-0.2, -0.15) is 5.10 Å². The van der Waals surface area contributed by atoms with E-state index >= 15 is 0 Å². The second kappa shape index (κ2) is 2.84. The van der Waals surface area contributed by atoms with E-state index in [9.17, 15) is 5.11 Å². The first-order chi connectivity index (χ1) is 6.10. The fraction of sp³-hybridized carbons (Fsp3) is 0.700. The van der Waals surface area contributed by atoms with E-state index in [-0.39, 0.29) is 0 Å². The molecule has 1 aromatic rings. The van der Waals surface area contributed by atoms with Crippen LogP contribution in [0.2, 0.25) is 0 Å². The van der Waals surface area contributed by atoms with Crippen LogP contribution in [0.1, 0.15) is 31.7 Å². The molecule has 1 N–H and O–H groups in total. The lowest BCUT2D eigenvalue weighted by atomic mass is 9.94. The number of rotatable bonds is 1. The van der Waals surface area contributed by atoms with Gasteiger partial charge in [0.25, 0.3) is 0 Å². The van der Waals surface area contributed by atoms with E-state index in [0.717, 1.165) is 24.8 Å². The Hall–Kier alpha value is -0.830. The smallest absolute Gasteiger partial charge is 0.0929 e. The van der Waals surface area contributed by atoms with Crippen LogP contribution in [-0.2, 0) is 12.6 Å². The summed E-state index contributed by atoms with van der Waals surface area (Å²) in [5, 5.41) is 14.4. The molecule has 2 rings (SSSR count). The fourth-order valence-corrected chi connectivity index (χ4v) is 2.19. The highest BCUT2D eigenvalue weighted by molar-refractivity contribution is 5.17. The van der Waals surface area contributed by atoms with Crippen LogP contribution in [0.25, 0.3) is 0 Å². The average molecular weight is 180 g/mol. The van der Waals surface area contributed by atoms with Gasteiger partial charge in [0.05, 0.1) is 11.8 Å². The Morgan fingerprint density at radius 1 is 1.69 bits per heavy atom. The average Bonchev–Trinajstić information content (AvgIpc) is 2.60. The molecular weight excluding hydrogens is 164 g/mol. The summed E-state index contributed by atoms with van der Waals surface area (Å²) in [4.78, 5) is 0. The molecule has 0 spiro atoms. The Morgan fingerprint density at radius 3 is 2.92 bits per heavy atom. The molecule has 0 aliphatic heterocycles. The summed E-state index contributed by atoms with van der Waals surface area (Å²) >= 11 is 0. The van der Waals surface area contributed by atoms with Crippen LogP contribution in [0.15, 0.2) is 12.4 Å². The van der Waals surface area contributed by atoms with Crippen LogP contribution in [0, 0.1) is 5.92 Å². The number of aliphatic hydroxyl groups is 1. The van der Waals surface area contributed by atoms with Gasteiger partial charge in [0, 0.05) is 18.8 Å². The number of aryl methyl sites for hydroxylation is 1. The number of hydrogen-bond donors (Lipinski definition) is 1. The maximum absolute atomic E-state index is 10.3. The van der Waals surface area contributed by atoms with Gasteiger partial charge in [0.1, 0.15) is 0 Å². The largest absolute Gasteiger partial charge is 0.385 e. The maximum Gasteiger partial charge on any atom is 0.0929 e. The quantitative estimate of drug-likeness (QED) is 0.710. The second-order valence-corrected chi connectivity index (χ2v) is 4.28. The van der Waals surface area contributed by atoms with Crippen molar-refractivity contribution >= 4 is 0 Å². The van der Waals surface area contributed by atoms with Crippen LogP contribution in [0.4, 0.5) is 0 Å². The zero-order valence-electron chi connectivity index (χ0n) is 8.20. The van der Waals surface area contributed by atoms with Crippen LogP contribution in [-0.4, -0.2) is 14.9 Å². The predicted octanol–water partition coefficient (Wildman–Crippen LogP) is 1.43. The van der Waals surface area contributed by atoms with E-state index in [1.54, 1.807) is 10.9 Å². The van der Waals surface area contributed by atoms with Gasteiger partial charge < -0.3 is 5.11 Å². The molecular formula is C10H16N2O. The monoisotopic (exact) mass is 180 g/mol. The highest BCUT2D eigenvalue weighted by Gasteiger charge is 2.37. The zero-order valence-corrected chi connectivity index (χ0v) is 8.20. The number of hydrogen-bond acceptors (Lipinski definition) is 2. The van der Waals surface area contributed by atoms with Crippen LogP contribution < -0.4 is 0 Å². The fourth-order valence-electron chi connectivity index (χ4n) is 2.19. The van der Waals surface area contributed by atoms with E-state index in [0.29, 0.717) is 5.92 Å². The molecule has 1 aliphatic carbocycles. The van der Waals surface area contributed by atoms with Crippen molar-refractivity contribution in [3.05, 3.63) is 18.0 Å². The van der Waals surface area contributed by atoms with E-state index in [1.165, 1.54) is 0 Å². The summed E-state index contributed by atoms with van der Waals surface area (Å²) in [6, 6.07) is 0. The van der Waals surface area contributed by atoms with Gasteiger partial charge in [-0.05, 0) is 25.2 Å². The van der Waals surface area contributed by atoms with Gasteiger partial charge in [0.15, 0.2) is 0 Å². The molecule has 1 saturated carbocycles. The molecule has 0 aromatic carbocycles. The van der Waals surface area contributed by atoms with Gasteiger partial charge in [0.2, 0.25) is 0 Å². The Balaban J connectivity index is 2.25. The molecule has 2 unspecified atom stereocenters. The Labute approximate surface area is 78.4 Å². The molecule has 1 fully saturated rings. The van der Waals surface area contributed by atoms with E-state index in [2.05, 4.69) is 12.0 Å². The highest BCUT2D eigenvalue weighted by atomic mass is 16.3. The number of aromatic nitrogens is 2. The molecule has 1 aromatic heterocycles. The summed E-state index contributed by atoms with van der Waals surface area (Å²) in [6.07, 6.45) is 6.56. The molecule has 3 heteroatoms. The lowest BCUT2D eigenvalue weighted by Gasteiger charge is -2.20. The molecule has 0 radical (unpaired) electrons. The third kappa shape index (κ3) is 1.48.